The van der Waals surface area contributed by atoms with Crippen molar-refractivity contribution in [2.45, 2.75) is 13.5 Å². The Morgan fingerprint density at radius 1 is 0.906 bits per heavy atom. The van der Waals surface area contributed by atoms with Crippen molar-refractivity contribution in [3.8, 4) is 11.5 Å². The minimum Gasteiger partial charge on any atom is -0.494 e. The van der Waals surface area contributed by atoms with Crippen molar-refractivity contribution in [3.63, 3.8) is 0 Å². The molecule has 0 N–H and O–H groups in total. The van der Waals surface area contributed by atoms with Crippen LogP contribution in [0.3, 0.4) is 0 Å². The van der Waals surface area contributed by atoms with E-state index in [9.17, 15) is 4.79 Å². The molecule has 0 unspecified atom stereocenters. The third-order valence-electron chi connectivity index (χ3n) is 4.66. The molecule has 0 saturated carbocycles. The van der Waals surface area contributed by atoms with Crippen LogP contribution in [0, 0.1) is 0 Å². The summed E-state index contributed by atoms with van der Waals surface area (Å²) in [4.78, 5) is 16.6. The van der Waals surface area contributed by atoms with Gasteiger partial charge in [-0.25, -0.2) is 9.79 Å². The van der Waals surface area contributed by atoms with Gasteiger partial charge < -0.3 is 14.2 Å². The fourth-order valence-corrected chi connectivity index (χ4v) is 3.54. The van der Waals surface area contributed by atoms with Gasteiger partial charge in [0.1, 0.15) is 18.1 Å². The second-order valence-corrected chi connectivity index (χ2v) is 7.67. The number of carbonyl (C=O) groups is 1. The molecule has 1 aliphatic rings. The maximum Gasteiger partial charge on any atom is 0.363 e. The van der Waals surface area contributed by atoms with Gasteiger partial charge in [0, 0.05) is 21.2 Å². The quantitative estimate of drug-likeness (QED) is 0.301. The van der Waals surface area contributed by atoms with Gasteiger partial charge >= 0.3 is 5.97 Å². The lowest BCUT2D eigenvalue weighted by molar-refractivity contribution is -0.129. The van der Waals surface area contributed by atoms with Crippen molar-refractivity contribution in [2.24, 2.45) is 4.99 Å². The van der Waals surface area contributed by atoms with Crippen molar-refractivity contribution in [1.82, 2.24) is 0 Å². The highest BCUT2D eigenvalue weighted by molar-refractivity contribution is 6.35. The number of hydrogen-bond acceptors (Lipinski definition) is 5. The molecule has 3 aromatic carbocycles. The molecule has 0 aromatic heterocycles. The number of cyclic esters (lactones) is 1. The Morgan fingerprint density at radius 3 is 2.19 bits per heavy atom. The molecule has 0 aliphatic carbocycles. The molecule has 0 fully saturated rings. The highest BCUT2D eigenvalue weighted by Crippen LogP contribution is 2.26. The van der Waals surface area contributed by atoms with Gasteiger partial charge in [-0.05, 0) is 67.1 Å². The molecule has 4 rings (SSSR count). The molecule has 1 heterocycles. The summed E-state index contributed by atoms with van der Waals surface area (Å²) in [7, 11) is 0. The molecule has 162 valence electrons. The van der Waals surface area contributed by atoms with Crippen LogP contribution in [0.1, 0.15) is 23.6 Å². The first-order chi connectivity index (χ1) is 15.5. The fraction of sp³-hybridized carbons (Fsp3) is 0.120. The molecule has 0 radical (unpaired) electrons. The topological polar surface area (TPSA) is 57.1 Å². The number of halogens is 2. The Labute approximate surface area is 195 Å². The highest BCUT2D eigenvalue weighted by Gasteiger charge is 2.24. The van der Waals surface area contributed by atoms with E-state index >= 15 is 0 Å². The number of nitrogens with zero attached hydrogens (tertiary/aromatic N) is 1. The van der Waals surface area contributed by atoms with Crippen LogP contribution in [-0.2, 0) is 16.1 Å². The molecule has 0 saturated heterocycles. The molecule has 0 bridgehead atoms. The summed E-state index contributed by atoms with van der Waals surface area (Å²) in [6, 6.07) is 19.8. The molecule has 1 aliphatic heterocycles. The zero-order valence-corrected chi connectivity index (χ0v) is 18.7. The molecule has 0 spiro atoms. The average Bonchev–Trinajstić information content (AvgIpc) is 3.15. The van der Waals surface area contributed by atoms with E-state index in [4.69, 9.17) is 37.4 Å². The van der Waals surface area contributed by atoms with Crippen LogP contribution in [0.2, 0.25) is 10.0 Å². The van der Waals surface area contributed by atoms with E-state index in [-0.39, 0.29) is 18.2 Å². The van der Waals surface area contributed by atoms with Crippen molar-refractivity contribution >= 4 is 41.1 Å². The molecular formula is C25H19Cl2NO4. The lowest BCUT2D eigenvalue weighted by Crippen LogP contribution is -2.05. The summed E-state index contributed by atoms with van der Waals surface area (Å²) in [5.74, 6) is 1.16. The molecule has 0 amide bonds. The van der Waals surface area contributed by atoms with Crippen LogP contribution < -0.4 is 9.47 Å². The van der Waals surface area contributed by atoms with Crippen LogP contribution >= 0.6 is 23.2 Å². The van der Waals surface area contributed by atoms with Gasteiger partial charge in [-0.15, -0.1) is 0 Å². The van der Waals surface area contributed by atoms with Crippen LogP contribution in [0.15, 0.2) is 77.4 Å². The number of aliphatic imine (C=N–C) groups is 1. The number of esters is 1. The van der Waals surface area contributed by atoms with Gasteiger partial charge in [-0.1, -0.05) is 41.4 Å². The van der Waals surface area contributed by atoms with E-state index in [1.165, 1.54) is 0 Å². The average molecular weight is 468 g/mol. The largest absolute Gasteiger partial charge is 0.494 e. The Balaban J connectivity index is 1.44. The van der Waals surface area contributed by atoms with Gasteiger partial charge in [-0.3, -0.25) is 0 Å². The Bertz CT molecular complexity index is 1170. The summed E-state index contributed by atoms with van der Waals surface area (Å²) < 4.78 is 16.5. The third kappa shape index (κ3) is 5.13. The van der Waals surface area contributed by atoms with E-state index in [1.807, 2.05) is 31.2 Å². The second-order valence-electron chi connectivity index (χ2n) is 6.85. The summed E-state index contributed by atoms with van der Waals surface area (Å²) in [5.41, 5.74) is 2.45. The maximum absolute atomic E-state index is 12.2. The van der Waals surface area contributed by atoms with Crippen molar-refractivity contribution < 1.29 is 19.0 Å². The van der Waals surface area contributed by atoms with Gasteiger partial charge in [0.25, 0.3) is 0 Å². The molecule has 32 heavy (non-hydrogen) atoms. The van der Waals surface area contributed by atoms with Gasteiger partial charge in [0.05, 0.1) is 6.61 Å². The molecular weight excluding hydrogens is 449 g/mol. The van der Waals surface area contributed by atoms with Gasteiger partial charge in [0.15, 0.2) is 5.70 Å². The smallest absolute Gasteiger partial charge is 0.363 e. The minimum absolute atomic E-state index is 0.227. The third-order valence-corrected chi connectivity index (χ3v) is 5.37. The van der Waals surface area contributed by atoms with E-state index < -0.39 is 5.97 Å². The first-order valence-corrected chi connectivity index (χ1v) is 10.7. The first-order valence-electron chi connectivity index (χ1n) is 9.95. The molecule has 0 atom stereocenters. The monoisotopic (exact) mass is 467 g/mol. The summed E-state index contributed by atoms with van der Waals surface area (Å²) in [5, 5.41) is 1.11. The van der Waals surface area contributed by atoms with Gasteiger partial charge in [0.2, 0.25) is 5.90 Å². The zero-order valence-electron chi connectivity index (χ0n) is 17.2. The summed E-state index contributed by atoms with van der Waals surface area (Å²) in [6.07, 6.45) is 1.67. The van der Waals surface area contributed by atoms with Crippen LogP contribution in [0.5, 0.6) is 11.5 Å². The normalized spacial score (nSPS) is 14.3. The predicted molar refractivity (Wildman–Crippen MR) is 125 cm³/mol. The number of ether oxygens (including phenoxy) is 3. The molecule has 3 aromatic rings. The lowest BCUT2D eigenvalue weighted by atomic mass is 10.2. The van der Waals surface area contributed by atoms with E-state index in [1.54, 1.807) is 48.5 Å². The number of carbonyl (C=O) groups excluding carboxylic acids is 1. The van der Waals surface area contributed by atoms with Crippen LogP contribution in [0.25, 0.3) is 6.08 Å². The van der Waals surface area contributed by atoms with Crippen LogP contribution in [-0.4, -0.2) is 18.5 Å². The number of hydrogen-bond donors (Lipinski definition) is 0. The predicted octanol–water partition coefficient (Wildman–Crippen LogP) is 6.32. The summed E-state index contributed by atoms with van der Waals surface area (Å²) in [6.45, 7) is 2.75. The summed E-state index contributed by atoms with van der Waals surface area (Å²) >= 11 is 12.3. The second kappa shape index (κ2) is 9.90. The number of rotatable bonds is 7. The number of benzene rings is 3. The Morgan fingerprint density at radius 2 is 1.53 bits per heavy atom. The van der Waals surface area contributed by atoms with E-state index in [2.05, 4.69) is 4.99 Å². The minimum atomic E-state index is -0.498. The van der Waals surface area contributed by atoms with Crippen molar-refractivity contribution in [2.75, 3.05) is 6.61 Å². The van der Waals surface area contributed by atoms with Gasteiger partial charge in [-0.2, -0.15) is 0 Å². The van der Waals surface area contributed by atoms with E-state index in [0.717, 1.165) is 16.9 Å². The Kier molecular flexibility index (Phi) is 6.78. The van der Waals surface area contributed by atoms with Crippen molar-refractivity contribution in [3.05, 3.63) is 99.2 Å². The molecule has 7 heteroatoms. The maximum atomic E-state index is 12.2. The van der Waals surface area contributed by atoms with Crippen molar-refractivity contribution in [1.29, 1.82) is 0 Å². The Hall–Kier alpha value is -3.28. The molecule has 5 nitrogen and oxygen atoms in total. The van der Waals surface area contributed by atoms with Crippen LogP contribution in [0.4, 0.5) is 0 Å². The standard InChI is InChI=1S/C25H19Cl2NO4/c1-2-30-18-12-8-17(9-13-18)24-28-23(25(29)32-24)14-16-6-10-19(11-7-16)31-15-20-21(26)4-3-5-22(20)27/h3-14H,2,15H2,1H3/b23-14+. The SMILES string of the molecule is CCOc1ccc(C2=N/C(=C/c3ccc(OCc4c(Cl)cccc4Cl)cc3)C(=O)O2)cc1. The highest BCUT2D eigenvalue weighted by atomic mass is 35.5. The zero-order chi connectivity index (χ0) is 22.5. The van der Waals surface area contributed by atoms with E-state index in [0.29, 0.717) is 28.0 Å². The fourth-order valence-electron chi connectivity index (χ4n) is 3.04. The first kappa shape index (κ1) is 21.9. The lowest BCUT2D eigenvalue weighted by Gasteiger charge is -2.09.